The van der Waals surface area contributed by atoms with Gasteiger partial charge in [-0.05, 0) is 38.0 Å². The molecule has 1 aromatic rings. The Kier molecular flexibility index (Phi) is 5.66. The van der Waals surface area contributed by atoms with E-state index in [-0.39, 0.29) is 28.8 Å². The van der Waals surface area contributed by atoms with Crippen LogP contribution >= 0.6 is 23.4 Å². The standard InChI is InChI=1S/C20H25ClN4O3S/c1-20-7-6-17(26)25(20)16(13-29-20)18(27)23-8-3-9-24(11-10-23)19(28)22-15-5-2-4-14(21)12-15/h2,4-5,12,16H,3,6-11,13H2,1H3,(H,22,28). The number of halogens is 1. The van der Waals surface area contributed by atoms with Crippen LogP contribution in [-0.2, 0) is 9.59 Å². The van der Waals surface area contributed by atoms with Gasteiger partial charge in [0.05, 0.1) is 4.87 Å². The van der Waals surface area contributed by atoms with E-state index in [1.165, 1.54) is 0 Å². The maximum atomic E-state index is 13.2. The Hall–Kier alpha value is -1.93. The second kappa shape index (κ2) is 8.07. The Labute approximate surface area is 179 Å². The van der Waals surface area contributed by atoms with E-state index in [0.29, 0.717) is 55.5 Å². The van der Waals surface area contributed by atoms with Gasteiger partial charge < -0.3 is 20.0 Å². The number of nitrogens with zero attached hydrogens (tertiary/aromatic N) is 3. The Morgan fingerprint density at radius 1 is 1.21 bits per heavy atom. The van der Waals surface area contributed by atoms with E-state index in [1.54, 1.807) is 45.8 Å². The summed E-state index contributed by atoms with van der Waals surface area (Å²) >= 11 is 7.68. The number of thioether (sulfide) groups is 1. The van der Waals surface area contributed by atoms with E-state index in [4.69, 9.17) is 11.6 Å². The lowest BCUT2D eigenvalue weighted by Crippen LogP contribution is -2.52. The van der Waals surface area contributed by atoms with E-state index in [9.17, 15) is 14.4 Å². The van der Waals surface area contributed by atoms with Crippen LogP contribution in [0.25, 0.3) is 0 Å². The second-order valence-electron chi connectivity index (χ2n) is 7.87. The van der Waals surface area contributed by atoms with Crippen molar-refractivity contribution in [1.82, 2.24) is 14.7 Å². The second-order valence-corrected chi connectivity index (χ2v) is 9.81. The zero-order chi connectivity index (χ0) is 20.6. The van der Waals surface area contributed by atoms with E-state index >= 15 is 0 Å². The number of carbonyl (C=O) groups excluding carboxylic acids is 3. The van der Waals surface area contributed by atoms with Gasteiger partial charge in [-0.15, -0.1) is 11.8 Å². The van der Waals surface area contributed by atoms with Gasteiger partial charge in [0.25, 0.3) is 0 Å². The molecule has 4 amide bonds. The first-order valence-electron chi connectivity index (χ1n) is 9.94. The van der Waals surface area contributed by atoms with Gasteiger partial charge in [-0.3, -0.25) is 9.59 Å². The monoisotopic (exact) mass is 436 g/mol. The molecule has 0 saturated carbocycles. The summed E-state index contributed by atoms with van der Waals surface area (Å²) in [6.07, 6.45) is 2.03. The molecule has 1 aromatic carbocycles. The van der Waals surface area contributed by atoms with E-state index < -0.39 is 0 Å². The van der Waals surface area contributed by atoms with Crippen LogP contribution in [0.2, 0.25) is 5.02 Å². The number of hydrogen-bond donors (Lipinski definition) is 1. The Morgan fingerprint density at radius 2 is 1.97 bits per heavy atom. The van der Waals surface area contributed by atoms with Crippen LogP contribution in [0.4, 0.5) is 10.5 Å². The van der Waals surface area contributed by atoms with Crippen molar-refractivity contribution in [1.29, 1.82) is 0 Å². The Bertz CT molecular complexity index is 838. The molecule has 156 valence electrons. The van der Waals surface area contributed by atoms with Gasteiger partial charge in [0, 0.05) is 49.1 Å². The van der Waals surface area contributed by atoms with Crippen molar-refractivity contribution in [3.05, 3.63) is 29.3 Å². The molecule has 3 aliphatic heterocycles. The van der Waals surface area contributed by atoms with Crippen LogP contribution in [0.15, 0.2) is 24.3 Å². The first kappa shape index (κ1) is 20.3. The molecule has 3 aliphatic rings. The highest BCUT2D eigenvalue weighted by atomic mass is 35.5. The van der Waals surface area contributed by atoms with Crippen LogP contribution < -0.4 is 5.32 Å². The van der Waals surface area contributed by atoms with Gasteiger partial charge in [-0.1, -0.05) is 17.7 Å². The van der Waals surface area contributed by atoms with Crippen molar-refractivity contribution in [3.8, 4) is 0 Å². The minimum absolute atomic E-state index is 0.00794. The fraction of sp³-hybridized carbons (Fsp3) is 0.550. The van der Waals surface area contributed by atoms with Crippen molar-refractivity contribution < 1.29 is 14.4 Å². The molecule has 2 atom stereocenters. The van der Waals surface area contributed by atoms with Crippen molar-refractivity contribution in [3.63, 3.8) is 0 Å². The fourth-order valence-electron chi connectivity index (χ4n) is 4.32. The van der Waals surface area contributed by atoms with Crippen molar-refractivity contribution in [2.24, 2.45) is 0 Å². The van der Waals surface area contributed by atoms with Crippen LogP contribution in [0.5, 0.6) is 0 Å². The quantitative estimate of drug-likeness (QED) is 0.773. The molecule has 9 heteroatoms. The zero-order valence-electron chi connectivity index (χ0n) is 16.4. The molecule has 4 rings (SSSR count). The largest absolute Gasteiger partial charge is 0.339 e. The maximum absolute atomic E-state index is 13.2. The van der Waals surface area contributed by atoms with Gasteiger partial charge in [0.1, 0.15) is 6.04 Å². The van der Waals surface area contributed by atoms with Crippen molar-refractivity contribution in [2.75, 3.05) is 37.2 Å². The predicted octanol–water partition coefficient (Wildman–Crippen LogP) is 2.86. The summed E-state index contributed by atoms with van der Waals surface area (Å²) in [4.78, 5) is 43.2. The lowest BCUT2D eigenvalue weighted by atomic mass is 10.2. The number of benzene rings is 1. The molecule has 3 heterocycles. The molecule has 2 unspecified atom stereocenters. The number of hydrogen-bond acceptors (Lipinski definition) is 4. The highest BCUT2D eigenvalue weighted by molar-refractivity contribution is 8.01. The first-order chi connectivity index (χ1) is 13.9. The average molecular weight is 437 g/mol. The van der Waals surface area contributed by atoms with Crippen molar-refractivity contribution >= 4 is 46.9 Å². The molecule has 0 spiro atoms. The molecule has 0 bridgehead atoms. The fourth-order valence-corrected chi connectivity index (χ4v) is 5.94. The van der Waals surface area contributed by atoms with E-state index in [0.717, 1.165) is 6.42 Å². The third-order valence-corrected chi connectivity index (χ3v) is 7.64. The number of rotatable bonds is 2. The molecular formula is C20H25ClN4O3S. The summed E-state index contributed by atoms with van der Waals surface area (Å²) in [6.45, 7) is 4.17. The van der Waals surface area contributed by atoms with Gasteiger partial charge in [-0.2, -0.15) is 0 Å². The molecule has 1 N–H and O–H groups in total. The maximum Gasteiger partial charge on any atom is 0.321 e. The van der Waals surface area contributed by atoms with Gasteiger partial charge >= 0.3 is 6.03 Å². The SMILES string of the molecule is CC12CCC(=O)N1C(C(=O)N1CCCN(C(=O)Nc3cccc(Cl)c3)CC1)CS2. The highest BCUT2D eigenvalue weighted by Gasteiger charge is 2.53. The minimum atomic E-state index is -0.383. The van der Waals surface area contributed by atoms with E-state index in [2.05, 4.69) is 12.2 Å². The van der Waals surface area contributed by atoms with Gasteiger partial charge in [0.2, 0.25) is 11.8 Å². The van der Waals surface area contributed by atoms with Crippen molar-refractivity contribution in [2.45, 2.75) is 37.1 Å². The summed E-state index contributed by atoms with van der Waals surface area (Å²) in [5, 5.41) is 3.43. The van der Waals surface area contributed by atoms with Crippen LogP contribution in [0, 0.1) is 0 Å². The number of amides is 4. The highest BCUT2D eigenvalue weighted by Crippen LogP contribution is 2.47. The molecule has 7 nitrogen and oxygen atoms in total. The lowest BCUT2D eigenvalue weighted by Gasteiger charge is -2.32. The normalized spacial score (nSPS) is 27.0. The number of nitrogens with one attached hydrogen (secondary N) is 1. The summed E-state index contributed by atoms with van der Waals surface area (Å²) in [5.74, 6) is 0.734. The molecule has 3 saturated heterocycles. The minimum Gasteiger partial charge on any atom is -0.339 e. The lowest BCUT2D eigenvalue weighted by molar-refractivity contribution is -0.143. The van der Waals surface area contributed by atoms with E-state index in [1.807, 2.05) is 4.90 Å². The van der Waals surface area contributed by atoms with Crippen LogP contribution in [0.1, 0.15) is 26.2 Å². The topological polar surface area (TPSA) is 73.0 Å². The van der Waals surface area contributed by atoms with Crippen LogP contribution in [0.3, 0.4) is 0 Å². The summed E-state index contributed by atoms with van der Waals surface area (Å²) in [6, 6.07) is 6.46. The molecule has 3 fully saturated rings. The summed E-state index contributed by atoms with van der Waals surface area (Å²) < 4.78 is 0. The third kappa shape index (κ3) is 4.05. The third-order valence-electron chi connectivity index (χ3n) is 5.90. The summed E-state index contributed by atoms with van der Waals surface area (Å²) in [7, 11) is 0. The van der Waals surface area contributed by atoms with Crippen LogP contribution in [-0.4, -0.2) is 75.4 Å². The average Bonchev–Trinajstić information content (AvgIpc) is 3.05. The number of carbonyl (C=O) groups is 3. The number of anilines is 1. The molecule has 0 aliphatic carbocycles. The molecule has 29 heavy (non-hydrogen) atoms. The molecule has 0 radical (unpaired) electrons. The smallest absolute Gasteiger partial charge is 0.321 e. The molecule has 0 aromatic heterocycles. The Morgan fingerprint density at radius 3 is 2.76 bits per heavy atom. The zero-order valence-corrected chi connectivity index (χ0v) is 18.0. The van der Waals surface area contributed by atoms with Gasteiger partial charge in [-0.25, -0.2) is 4.79 Å². The summed E-state index contributed by atoms with van der Waals surface area (Å²) in [5.41, 5.74) is 0.648. The predicted molar refractivity (Wildman–Crippen MR) is 114 cm³/mol. The first-order valence-corrected chi connectivity index (χ1v) is 11.3. The van der Waals surface area contributed by atoms with Gasteiger partial charge in [0.15, 0.2) is 0 Å². The molecular weight excluding hydrogens is 412 g/mol. The Balaban J connectivity index is 1.37. The number of fused-ring (bicyclic) bond motifs is 1. The number of urea groups is 1.